The minimum absolute atomic E-state index is 0.0814. The van der Waals surface area contributed by atoms with Crippen molar-refractivity contribution >= 4 is 21.8 Å². The molecule has 2 atom stereocenters. The lowest BCUT2D eigenvalue weighted by atomic mass is 10.1. The summed E-state index contributed by atoms with van der Waals surface area (Å²) in [6, 6.07) is -0.0814. The highest BCUT2D eigenvalue weighted by atomic mass is 79.9. The first-order chi connectivity index (χ1) is 9.08. The Morgan fingerprint density at radius 1 is 1.63 bits per heavy atom. The Kier molecular flexibility index (Phi) is 5.42. The van der Waals surface area contributed by atoms with Crippen LogP contribution < -0.4 is 5.32 Å². The van der Waals surface area contributed by atoms with Gasteiger partial charge < -0.3 is 10.1 Å². The zero-order chi connectivity index (χ0) is 13.8. The Morgan fingerprint density at radius 3 is 3.05 bits per heavy atom. The fourth-order valence-electron chi connectivity index (χ4n) is 2.50. The third-order valence-electron chi connectivity index (χ3n) is 4.03. The molecule has 0 aliphatic carbocycles. The molecule has 1 fully saturated rings. The van der Waals surface area contributed by atoms with Crippen molar-refractivity contribution in [3.8, 4) is 0 Å². The van der Waals surface area contributed by atoms with E-state index in [9.17, 15) is 4.79 Å². The number of amides is 1. The van der Waals surface area contributed by atoms with E-state index in [2.05, 4.69) is 33.1 Å². The highest BCUT2D eigenvalue weighted by molar-refractivity contribution is 9.11. The van der Waals surface area contributed by atoms with Gasteiger partial charge in [0.2, 0.25) is 5.91 Å². The van der Waals surface area contributed by atoms with Crippen molar-refractivity contribution in [3.63, 3.8) is 0 Å². The van der Waals surface area contributed by atoms with E-state index in [-0.39, 0.29) is 18.1 Å². The van der Waals surface area contributed by atoms with E-state index in [1.54, 1.807) is 0 Å². The maximum Gasteiger partial charge on any atom is 0.237 e. The molecule has 0 unspecified atom stereocenters. The maximum absolute atomic E-state index is 12.1. The minimum atomic E-state index is -0.0814. The van der Waals surface area contributed by atoms with Gasteiger partial charge in [-0.1, -0.05) is 21.5 Å². The molecule has 1 N–H and O–H groups in total. The first kappa shape index (κ1) is 15.0. The Balaban J connectivity index is 1.78. The molecular formula is C14H23BrN2O2. The van der Waals surface area contributed by atoms with Gasteiger partial charge >= 0.3 is 0 Å². The first-order valence-corrected chi connectivity index (χ1v) is 7.84. The van der Waals surface area contributed by atoms with Crippen LogP contribution in [0.5, 0.6) is 0 Å². The molecule has 2 rings (SSSR count). The molecule has 0 bridgehead atoms. The topological polar surface area (TPSA) is 41.6 Å². The van der Waals surface area contributed by atoms with E-state index in [1.165, 1.54) is 10.1 Å². The molecule has 0 saturated carbocycles. The van der Waals surface area contributed by atoms with Crippen molar-refractivity contribution in [1.29, 1.82) is 0 Å². The van der Waals surface area contributed by atoms with Crippen LogP contribution in [0.1, 0.15) is 33.1 Å². The normalized spacial score (nSPS) is 26.6. The molecule has 1 saturated heterocycles. The van der Waals surface area contributed by atoms with E-state index in [1.807, 2.05) is 6.92 Å². The summed E-state index contributed by atoms with van der Waals surface area (Å²) in [4.78, 5) is 14.4. The first-order valence-electron chi connectivity index (χ1n) is 7.05. The minimum Gasteiger partial charge on any atom is -0.376 e. The number of hydrogen-bond donors (Lipinski definition) is 1. The van der Waals surface area contributed by atoms with Gasteiger partial charge in [0.15, 0.2) is 0 Å². The standard InChI is InChI=1S/C14H23BrN2O2/c1-10-5-6-17(9-13(10)15)11(2)14(18)16-8-12-4-3-7-19-12/h11-12H,3-9H2,1-2H3,(H,16,18)/t11-,12-/m0/s1. The van der Waals surface area contributed by atoms with Crippen LogP contribution in [0, 0.1) is 0 Å². The Labute approximate surface area is 123 Å². The van der Waals surface area contributed by atoms with Gasteiger partial charge in [-0.3, -0.25) is 9.69 Å². The van der Waals surface area contributed by atoms with Crippen LogP contribution in [0.3, 0.4) is 0 Å². The summed E-state index contributed by atoms with van der Waals surface area (Å²) in [5.41, 5.74) is 1.39. The van der Waals surface area contributed by atoms with Gasteiger partial charge in [0.25, 0.3) is 0 Å². The largest absolute Gasteiger partial charge is 0.376 e. The van der Waals surface area contributed by atoms with E-state index in [0.717, 1.165) is 39.0 Å². The van der Waals surface area contributed by atoms with Gasteiger partial charge in [-0.2, -0.15) is 0 Å². The summed E-state index contributed by atoms with van der Waals surface area (Å²) < 4.78 is 6.74. The molecule has 1 amide bonds. The molecule has 0 spiro atoms. The zero-order valence-electron chi connectivity index (χ0n) is 11.7. The molecule has 4 nitrogen and oxygen atoms in total. The van der Waals surface area contributed by atoms with Gasteiger partial charge in [-0.15, -0.1) is 0 Å². The van der Waals surface area contributed by atoms with Gasteiger partial charge in [-0.25, -0.2) is 0 Å². The molecule has 2 aliphatic heterocycles. The van der Waals surface area contributed by atoms with Crippen LogP contribution in [-0.4, -0.2) is 49.2 Å². The Bertz CT molecular complexity index is 364. The summed E-state index contributed by atoms with van der Waals surface area (Å²) >= 11 is 3.59. The van der Waals surface area contributed by atoms with Crippen molar-refractivity contribution < 1.29 is 9.53 Å². The van der Waals surface area contributed by atoms with Crippen molar-refractivity contribution in [2.45, 2.75) is 45.3 Å². The van der Waals surface area contributed by atoms with Crippen LogP contribution in [0.2, 0.25) is 0 Å². The predicted octanol–water partition coefficient (Wildman–Crippen LogP) is 2.04. The van der Waals surface area contributed by atoms with Crippen molar-refractivity contribution in [2.75, 3.05) is 26.2 Å². The molecule has 2 aliphatic rings. The fraction of sp³-hybridized carbons (Fsp3) is 0.786. The summed E-state index contributed by atoms with van der Waals surface area (Å²) in [5, 5.41) is 3.01. The fourth-order valence-corrected chi connectivity index (χ4v) is 3.02. The lowest BCUT2D eigenvalue weighted by Crippen LogP contribution is -2.48. The average molecular weight is 331 g/mol. The van der Waals surface area contributed by atoms with E-state index < -0.39 is 0 Å². The van der Waals surface area contributed by atoms with Crippen LogP contribution in [0.25, 0.3) is 0 Å². The summed E-state index contributed by atoms with van der Waals surface area (Å²) in [6.07, 6.45) is 3.42. The van der Waals surface area contributed by atoms with Gasteiger partial charge in [-0.05, 0) is 33.1 Å². The van der Waals surface area contributed by atoms with Gasteiger partial charge in [0, 0.05) is 30.7 Å². The van der Waals surface area contributed by atoms with Crippen LogP contribution in [0.4, 0.5) is 0 Å². The molecule has 0 aromatic carbocycles. The number of halogens is 1. The number of ether oxygens (including phenoxy) is 1. The van der Waals surface area contributed by atoms with Crippen molar-refractivity contribution in [2.24, 2.45) is 0 Å². The van der Waals surface area contributed by atoms with E-state index in [0.29, 0.717) is 6.54 Å². The van der Waals surface area contributed by atoms with Gasteiger partial charge in [0.05, 0.1) is 12.1 Å². The summed E-state index contributed by atoms with van der Waals surface area (Å²) in [7, 11) is 0. The molecule has 19 heavy (non-hydrogen) atoms. The summed E-state index contributed by atoms with van der Waals surface area (Å²) in [5.74, 6) is 0.107. The van der Waals surface area contributed by atoms with Crippen LogP contribution in [0.15, 0.2) is 10.1 Å². The molecule has 2 heterocycles. The number of carbonyl (C=O) groups is 1. The molecule has 0 radical (unpaired) electrons. The molecular weight excluding hydrogens is 308 g/mol. The average Bonchev–Trinajstić information content (AvgIpc) is 2.91. The third-order valence-corrected chi connectivity index (χ3v) is 4.96. The molecule has 5 heteroatoms. The SMILES string of the molecule is CC1=C(Br)CN([C@@H](C)C(=O)NC[C@@H]2CCCO2)CC1. The van der Waals surface area contributed by atoms with Gasteiger partial charge in [0.1, 0.15) is 0 Å². The Morgan fingerprint density at radius 2 is 2.42 bits per heavy atom. The van der Waals surface area contributed by atoms with Crippen molar-refractivity contribution in [1.82, 2.24) is 10.2 Å². The lowest BCUT2D eigenvalue weighted by molar-refractivity contribution is -0.126. The summed E-state index contributed by atoms with van der Waals surface area (Å²) in [6.45, 7) is 7.39. The third kappa shape index (κ3) is 4.04. The van der Waals surface area contributed by atoms with Crippen LogP contribution >= 0.6 is 15.9 Å². The molecule has 0 aromatic heterocycles. The maximum atomic E-state index is 12.1. The highest BCUT2D eigenvalue weighted by Gasteiger charge is 2.25. The zero-order valence-corrected chi connectivity index (χ0v) is 13.3. The quantitative estimate of drug-likeness (QED) is 0.857. The second kappa shape index (κ2) is 6.86. The smallest absolute Gasteiger partial charge is 0.237 e. The molecule has 108 valence electrons. The number of nitrogens with zero attached hydrogens (tertiary/aromatic N) is 1. The van der Waals surface area contributed by atoms with E-state index in [4.69, 9.17) is 4.74 Å². The highest BCUT2D eigenvalue weighted by Crippen LogP contribution is 2.23. The molecule has 0 aromatic rings. The van der Waals surface area contributed by atoms with E-state index >= 15 is 0 Å². The Hall–Kier alpha value is -0.390. The lowest BCUT2D eigenvalue weighted by Gasteiger charge is -2.32. The number of nitrogens with one attached hydrogen (secondary N) is 1. The van der Waals surface area contributed by atoms with Crippen molar-refractivity contribution in [3.05, 3.63) is 10.1 Å². The predicted molar refractivity (Wildman–Crippen MR) is 79.3 cm³/mol. The monoisotopic (exact) mass is 330 g/mol. The second-order valence-electron chi connectivity index (χ2n) is 5.46. The number of rotatable bonds is 4. The number of carbonyl (C=O) groups excluding carboxylic acids is 1. The number of hydrogen-bond acceptors (Lipinski definition) is 3. The van der Waals surface area contributed by atoms with Crippen LogP contribution in [-0.2, 0) is 9.53 Å². The second-order valence-corrected chi connectivity index (χ2v) is 6.42.